The van der Waals surface area contributed by atoms with Gasteiger partial charge in [-0.3, -0.25) is 4.79 Å². The van der Waals surface area contributed by atoms with E-state index < -0.39 is 0 Å². The van der Waals surface area contributed by atoms with Gasteiger partial charge in [0.2, 0.25) is 5.91 Å². The highest BCUT2D eigenvalue weighted by Crippen LogP contribution is 2.50. The van der Waals surface area contributed by atoms with Crippen LogP contribution in [-0.2, 0) is 4.79 Å². The maximum Gasteiger partial charge on any atom is 0.228 e. The summed E-state index contributed by atoms with van der Waals surface area (Å²) in [6.45, 7) is 0. The average molecular weight is 368 g/mol. The number of carbonyl (C=O) groups is 1. The van der Waals surface area contributed by atoms with Crippen molar-refractivity contribution in [2.24, 2.45) is 5.92 Å². The Morgan fingerprint density at radius 1 is 1.08 bits per heavy atom. The van der Waals surface area contributed by atoms with Crippen molar-refractivity contribution in [1.82, 2.24) is 9.97 Å². The second-order valence-electron chi connectivity index (χ2n) is 6.23. The Balaban J connectivity index is 1.43. The number of hydrogen-bond donors (Lipinski definition) is 1. The molecule has 130 valence electrons. The van der Waals surface area contributed by atoms with Crippen molar-refractivity contribution >= 4 is 23.2 Å². The van der Waals surface area contributed by atoms with Gasteiger partial charge in [0.15, 0.2) is 5.82 Å². The molecule has 4 rings (SSSR count). The van der Waals surface area contributed by atoms with Crippen LogP contribution in [0.15, 0.2) is 60.9 Å². The first-order chi connectivity index (χ1) is 12.6. The number of aromatic nitrogens is 2. The number of rotatable bonds is 4. The lowest BCUT2D eigenvalue weighted by molar-refractivity contribution is -0.117. The van der Waals surface area contributed by atoms with Crippen LogP contribution in [0.3, 0.4) is 0 Å². The molecule has 0 saturated heterocycles. The molecule has 0 bridgehead atoms. The molecule has 3 aromatic rings. The minimum absolute atomic E-state index is 0.176. The molecule has 0 radical (unpaired) electrons. The third-order valence-electron chi connectivity index (χ3n) is 4.45. The third-order valence-corrected chi connectivity index (χ3v) is 4.78. The van der Waals surface area contributed by atoms with Gasteiger partial charge in [-0.05, 0) is 18.6 Å². The van der Waals surface area contributed by atoms with Crippen molar-refractivity contribution in [3.8, 4) is 11.4 Å². The van der Waals surface area contributed by atoms with Gasteiger partial charge in [0.25, 0.3) is 0 Å². The lowest BCUT2D eigenvalue weighted by Crippen LogP contribution is -2.15. The van der Waals surface area contributed by atoms with Gasteiger partial charge in [0.1, 0.15) is 5.82 Å². The summed E-state index contributed by atoms with van der Waals surface area (Å²) in [4.78, 5) is 21.0. The van der Waals surface area contributed by atoms with E-state index in [2.05, 4.69) is 15.3 Å². The molecule has 2 aromatic carbocycles. The maximum atomic E-state index is 14.0. The smallest absolute Gasteiger partial charge is 0.228 e. The van der Waals surface area contributed by atoms with E-state index >= 15 is 0 Å². The summed E-state index contributed by atoms with van der Waals surface area (Å²) < 4.78 is 14.0. The number of anilines is 1. The van der Waals surface area contributed by atoms with Crippen LogP contribution in [0, 0.1) is 11.7 Å². The van der Waals surface area contributed by atoms with Gasteiger partial charge in [0, 0.05) is 28.0 Å². The van der Waals surface area contributed by atoms with E-state index in [0.717, 1.165) is 5.56 Å². The number of hydrogen-bond acceptors (Lipinski definition) is 3. The molecule has 1 fully saturated rings. The zero-order chi connectivity index (χ0) is 18.1. The van der Waals surface area contributed by atoms with Gasteiger partial charge < -0.3 is 5.32 Å². The van der Waals surface area contributed by atoms with Crippen molar-refractivity contribution in [1.29, 1.82) is 0 Å². The lowest BCUT2D eigenvalue weighted by Gasteiger charge is -2.07. The molecular weight excluding hydrogens is 353 g/mol. The van der Waals surface area contributed by atoms with E-state index in [9.17, 15) is 9.18 Å². The van der Waals surface area contributed by atoms with Gasteiger partial charge in [-0.2, -0.15) is 0 Å². The Kier molecular flexibility index (Phi) is 4.39. The van der Waals surface area contributed by atoms with Crippen molar-refractivity contribution in [2.45, 2.75) is 12.3 Å². The van der Waals surface area contributed by atoms with E-state index in [1.54, 1.807) is 24.5 Å². The topological polar surface area (TPSA) is 54.9 Å². The van der Waals surface area contributed by atoms with E-state index in [1.165, 1.54) is 6.07 Å². The quantitative estimate of drug-likeness (QED) is 0.728. The summed E-state index contributed by atoms with van der Waals surface area (Å²) in [6.07, 6.45) is 3.72. The molecule has 1 saturated carbocycles. The molecular formula is C20H15ClFN3O. The minimum Gasteiger partial charge on any atom is -0.323 e. The molecule has 1 amide bonds. The van der Waals surface area contributed by atoms with Gasteiger partial charge in [-0.15, -0.1) is 0 Å². The Bertz CT molecular complexity index is 927. The van der Waals surface area contributed by atoms with Crippen LogP contribution in [-0.4, -0.2) is 15.9 Å². The number of carbonyl (C=O) groups excluding carboxylic acids is 1. The van der Waals surface area contributed by atoms with Crippen LogP contribution in [0.4, 0.5) is 10.1 Å². The minimum atomic E-state index is -0.367. The predicted molar refractivity (Wildman–Crippen MR) is 98.4 cm³/mol. The van der Waals surface area contributed by atoms with Gasteiger partial charge in [-0.25, -0.2) is 14.4 Å². The highest BCUT2D eigenvalue weighted by Gasteiger charge is 2.46. The van der Waals surface area contributed by atoms with Gasteiger partial charge in [0.05, 0.1) is 18.1 Å². The fourth-order valence-electron chi connectivity index (χ4n) is 3.03. The second-order valence-corrected chi connectivity index (χ2v) is 6.64. The van der Waals surface area contributed by atoms with Crippen molar-refractivity contribution in [2.75, 3.05) is 5.32 Å². The van der Waals surface area contributed by atoms with Crippen LogP contribution in [0.5, 0.6) is 0 Å². The molecule has 4 nitrogen and oxygen atoms in total. The summed E-state index contributed by atoms with van der Waals surface area (Å²) in [7, 11) is 0. The summed E-state index contributed by atoms with van der Waals surface area (Å²) >= 11 is 6.08. The molecule has 1 N–H and O–H groups in total. The van der Waals surface area contributed by atoms with Crippen LogP contribution in [0.2, 0.25) is 5.02 Å². The van der Waals surface area contributed by atoms with E-state index in [4.69, 9.17) is 11.6 Å². The predicted octanol–water partition coefficient (Wildman–Crippen LogP) is 4.68. The molecule has 0 aliphatic heterocycles. The Labute approximate surface area is 155 Å². The largest absolute Gasteiger partial charge is 0.323 e. The number of benzene rings is 2. The first-order valence-corrected chi connectivity index (χ1v) is 8.63. The third kappa shape index (κ3) is 3.30. The van der Waals surface area contributed by atoms with E-state index in [0.29, 0.717) is 28.5 Å². The Morgan fingerprint density at radius 3 is 2.50 bits per heavy atom. The van der Waals surface area contributed by atoms with E-state index in [-0.39, 0.29) is 23.6 Å². The van der Waals surface area contributed by atoms with Crippen molar-refractivity contribution in [3.05, 3.63) is 77.3 Å². The van der Waals surface area contributed by atoms with Gasteiger partial charge in [-0.1, -0.05) is 48.0 Å². The standard InChI is InChI=1S/C20H15ClFN3O/c21-16-7-4-8-17(22)18(16)14-9-15(14)20(26)25-13-10-23-19(24-11-13)12-5-2-1-3-6-12/h1-8,10-11,14-15H,9H2,(H,25,26)/t14-,15+/m0/s1. The second kappa shape index (κ2) is 6.84. The highest BCUT2D eigenvalue weighted by atomic mass is 35.5. The molecule has 0 spiro atoms. The highest BCUT2D eigenvalue weighted by molar-refractivity contribution is 6.31. The Morgan fingerprint density at radius 2 is 1.81 bits per heavy atom. The Hall–Kier alpha value is -2.79. The van der Waals surface area contributed by atoms with Crippen LogP contribution in [0.1, 0.15) is 17.9 Å². The zero-order valence-corrected chi connectivity index (χ0v) is 14.4. The molecule has 1 aliphatic carbocycles. The summed E-state index contributed by atoms with van der Waals surface area (Å²) in [5.41, 5.74) is 1.84. The SMILES string of the molecule is O=C(Nc1cnc(-c2ccccc2)nc1)[C@@H]1C[C@@H]1c1c(F)cccc1Cl. The van der Waals surface area contributed by atoms with Crippen molar-refractivity contribution < 1.29 is 9.18 Å². The first-order valence-electron chi connectivity index (χ1n) is 8.25. The number of nitrogens with one attached hydrogen (secondary N) is 1. The molecule has 0 unspecified atom stereocenters. The first kappa shape index (κ1) is 16.7. The number of halogens is 2. The fourth-order valence-corrected chi connectivity index (χ4v) is 3.34. The summed E-state index contributed by atoms with van der Waals surface area (Å²) in [5, 5.41) is 3.15. The molecule has 2 atom stereocenters. The monoisotopic (exact) mass is 367 g/mol. The van der Waals surface area contributed by atoms with E-state index in [1.807, 2.05) is 30.3 Å². The normalized spacial score (nSPS) is 18.4. The van der Waals surface area contributed by atoms with Crippen LogP contribution < -0.4 is 5.32 Å². The van der Waals surface area contributed by atoms with Crippen LogP contribution >= 0.6 is 11.6 Å². The van der Waals surface area contributed by atoms with Gasteiger partial charge >= 0.3 is 0 Å². The van der Waals surface area contributed by atoms with Crippen LogP contribution in [0.25, 0.3) is 11.4 Å². The summed E-state index contributed by atoms with van der Waals surface area (Å²) in [6, 6.07) is 14.1. The molecule has 1 aliphatic rings. The molecule has 26 heavy (non-hydrogen) atoms. The number of amides is 1. The van der Waals surface area contributed by atoms with Crippen molar-refractivity contribution in [3.63, 3.8) is 0 Å². The fraction of sp³-hybridized carbons (Fsp3) is 0.150. The molecule has 1 aromatic heterocycles. The molecule has 6 heteroatoms. The summed E-state index contributed by atoms with van der Waals surface area (Å²) in [5.74, 6) is -0.434. The lowest BCUT2D eigenvalue weighted by atomic mass is 10.1. The zero-order valence-electron chi connectivity index (χ0n) is 13.7. The maximum absolute atomic E-state index is 14.0. The number of nitrogens with zero attached hydrogens (tertiary/aromatic N) is 2. The average Bonchev–Trinajstić information content (AvgIpc) is 3.43. The molecule has 1 heterocycles.